The first-order valence-corrected chi connectivity index (χ1v) is 23.9. The lowest BCUT2D eigenvalue weighted by molar-refractivity contribution is -0.165. The van der Waals surface area contributed by atoms with Crippen molar-refractivity contribution in [1.29, 1.82) is 5.26 Å². The molecule has 0 aromatic carbocycles. The fraction of sp³-hybridized carbons (Fsp3) is 0.744. The molecule has 0 spiro atoms. The normalized spacial score (nSPS) is 21.6. The van der Waals surface area contributed by atoms with Gasteiger partial charge in [-0.3, -0.25) is 14.9 Å². The Kier molecular flexibility index (Phi) is 15.3. The predicted octanol–water partition coefficient (Wildman–Crippen LogP) is 7.63. The fourth-order valence-corrected chi connectivity index (χ4v) is 19.1. The third-order valence-corrected chi connectivity index (χ3v) is 21.2. The van der Waals surface area contributed by atoms with Crippen molar-refractivity contribution < 1.29 is 46.7 Å². The van der Waals surface area contributed by atoms with E-state index in [0.717, 1.165) is 32.1 Å². The molecule has 0 radical (unpaired) electrons. The third kappa shape index (κ3) is 10.2. The van der Waals surface area contributed by atoms with E-state index in [4.69, 9.17) is 27.2 Å². The highest BCUT2D eigenvalue weighted by molar-refractivity contribution is 6.84. The van der Waals surface area contributed by atoms with E-state index < -0.39 is 71.6 Å². The van der Waals surface area contributed by atoms with Gasteiger partial charge < -0.3 is 32.3 Å². The van der Waals surface area contributed by atoms with Crippen molar-refractivity contribution in [3.8, 4) is 6.07 Å². The van der Waals surface area contributed by atoms with Crippen LogP contribution in [0.25, 0.3) is 5.52 Å². The summed E-state index contributed by atoms with van der Waals surface area (Å²) in [7, 11) is -6.35. The van der Waals surface area contributed by atoms with Gasteiger partial charge in [0.05, 0.1) is 23.8 Å². The van der Waals surface area contributed by atoms with E-state index in [9.17, 15) is 24.8 Å². The lowest BCUT2D eigenvalue weighted by Gasteiger charge is -2.52. The molecule has 1 saturated carbocycles. The number of carbonyl (C=O) groups is 3. The summed E-state index contributed by atoms with van der Waals surface area (Å²) in [5, 5.41) is 30.1. The summed E-state index contributed by atoms with van der Waals surface area (Å²) >= 11 is 0. The number of anilines is 1. The molecule has 1 saturated heterocycles. The number of carbonyl (C=O) groups excluding carboxylic acids is 3. The first kappa shape index (κ1) is 45.3. The largest absolute Gasteiger partial charge is 0.458 e. The Morgan fingerprint density at radius 3 is 2.18 bits per heavy atom. The second-order valence-electron chi connectivity index (χ2n) is 17.4. The Balaban J connectivity index is 1.76. The number of ether oxygens (including phenoxy) is 3. The average Bonchev–Trinajstić information content (AvgIpc) is 3.54. The van der Waals surface area contributed by atoms with Gasteiger partial charge >= 0.3 is 35.2 Å². The van der Waals surface area contributed by atoms with Crippen LogP contribution in [0.5, 0.6) is 0 Å². The molecule has 2 aromatic rings. The predicted molar refractivity (Wildman–Crippen MR) is 213 cm³/mol. The number of amides is 1. The molecule has 0 bridgehead atoms. The van der Waals surface area contributed by atoms with E-state index in [2.05, 4.69) is 76.9 Å². The van der Waals surface area contributed by atoms with Crippen LogP contribution in [-0.2, 0) is 36.8 Å². The van der Waals surface area contributed by atoms with Gasteiger partial charge in [-0.1, -0.05) is 74.7 Å². The highest BCUT2D eigenvalue weighted by Crippen LogP contribution is 2.47. The molecule has 4 atom stereocenters. The topological polar surface area (TPSA) is 193 Å². The Bertz CT molecular complexity index is 1680. The number of aliphatic hydroxyl groups is 1. The first-order valence-electron chi connectivity index (χ1n) is 20.0. The minimum absolute atomic E-state index is 0.0422. The summed E-state index contributed by atoms with van der Waals surface area (Å²) in [5.41, 5.74) is -0.281. The molecule has 15 nitrogen and oxygen atoms in total. The zero-order valence-corrected chi connectivity index (χ0v) is 37.0. The number of aromatic nitrogens is 3. The number of esters is 2. The molecule has 2 fully saturated rings. The van der Waals surface area contributed by atoms with E-state index >= 15 is 0 Å². The monoisotopic (exact) mass is 817 g/mol. The van der Waals surface area contributed by atoms with E-state index in [1.807, 2.05) is 0 Å². The maximum atomic E-state index is 13.9. The van der Waals surface area contributed by atoms with E-state index in [1.165, 1.54) is 10.8 Å². The number of rotatable bonds is 13. The highest BCUT2D eigenvalue weighted by atomic mass is 28.5. The van der Waals surface area contributed by atoms with Crippen molar-refractivity contribution in [2.45, 2.75) is 161 Å². The quantitative estimate of drug-likeness (QED) is 0.114. The number of nitrogens with one attached hydrogen (secondary N) is 1. The molecule has 1 amide bonds. The SMILES string of the molecule is CC(C)[Si]1(C(C)C)OC[C@@H](O)[C@H]([C@@H](OC(=O)CC2CCCCC2)C(C#N)c2ccc3c(NC(=O)OCOC(=O)C(C)(C)C)ncnn23)O[Si](C(C)C)(C(C)C)O1. The van der Waals surface area contributed by atoms with E-state index in [0.29, 0.717) is 11.2 Å². The van der Waals surface area contributed by atoms with Gasteiger partial charge in [0.25, 0.3) is 0 Å². The van der Waals surface area contributed by atoms with Crippen LogP contribution in [0.3, 0.4) is 0 Å². The van der Waals surface area contributed by atoms with Crippen LogP contribution in [0.4, 0.5) is 10.6 Å². The molecule has 1 aliphatic heterocycles. The lowest BCUT2D eigenvalue weighted by atomic mass is 9.87. The van der Waals surface area contributed by atoms with Gasteiger partial charge in [-0.05, 0) is 73.8 Å². The van der Waals surface area contributed by atoms with Crippen LogP contribution in [-0.4, -0.2) is 86.6 Å². The second-order valence-corrected chi connectivity index (χ2v) is 26.3. The first-order chi connectivity index (χ1) is 26.3. The minimum Gasteiger partial charge on any atom is -0.458 e. The summed E-state index contributed by atoms with van der Waals surface area (Å²) in [5.74, 6) is -2.02. The lowest BCUT2D eigenvalue weighted by Crippen LogP contribution is -2.67. The van der Waals surface area contributed by atoms with Crippen LogP contribution in [0.1, 0.15) is 126 Å². The average molecular weight is 818 g/mol. The van der Waals surface area contributed by atoms with Gasteiger partial charge in [0, 0.05) is 6.42 Å². The Morgan fingerprint density at radius 2 is 1.61 bits per heavy atom. The number of nitrogens with zero attached hydrogens (tertiary/aromatic N) is 4. The van der Waals surface area contributed by atoms with Gasteiger partial charge in [0.2, 0.25) is 6.79 Å². The van der Waals surface area contributed by atoms with Crippen LogP contribution < -0.4 is 5.32 Å². The number of hydrogen-bond donors (Lipinski definition) is 2. The maximum absolute atomic E-state index is 13.9. The van der Waals surface area contributed by atoms with Crippen LogP contribution in [0.2, 0.25) is 22.2 Å². The summed E-state index contributed by atoms with van der Waals surface area (Å²) < 4.78 is 39.2. The van der Waals surface area contributed by atoms with Gasteiger partial charge in [0.1, 0.15) is 30.0 Å². The molecular formula is C39H63N5O10Si2. The van der Waals surface area contributed by atoms with Crippen LogP contribution in [0, 0.1) is 22.7 Å². The molecule has 4 rings (SSSR count). The van der Waals surface area contributed by atoms with Gasteiger partial charge in [-0.2, -0.15) is 10.4 Å². The summed E-state index contributed by atoms with van der Waals surface area (Å²) in [6.45, 7) is 20.8. The van der Waals surface area contributed by atoms with Gasteiger partial charge in [-0.25, -0.2) is 14.3 Å². The Morgan fingerprint density at radius 1 is 0.982 bits per heavy atom. The Labute approximate surface area is 333 Å². The van der Waals surface area contributed by atoms with Crippen molar-refractivity contribution in [1.82, 2.24) is 14.6 Å². The third-order valence-electron chi connectivity index (χ3n) is 11.0. The summed E-state index contributed by atoms with van der Waals surface area (Å²) in [4.78, 5) is 42.9. The molecule has 2 N–H and O–H groups in total. The molecular weight excluding hydrogens is 755 g/mol. The van der Waals surface area contributed by atoms with E-state index in [1.54, 1.807) is 32.9 Å². The molecule has 2 aromatic heterocycles. The second kappa shape index (κ2) is 18.9. The fourth-order valence-electron chi connectivity index (χ4n) is 7.83. The number of aliphatic hydroxyl groups excluding tert-OH is 1. The van der Waals surface area contributed by atoms with Gasteiger partial charge in [-0.15, -0.1) is 0 Å². The highest BCUT2D eigenvalue weighted by Gasteiger charge is 2.60. The van der Waals surface area contributed by atoms with Crippen molar-refractivity contribution in [3.05, 3.63) is 24.2 Å². The van der Waals surface area contributed by atoms with E-state index in [-0.39, 0.29) is 46.9 Å². The molecule has 312 valence electrons. The zero-order valence-electron chi connectivity index (χ0n) is 35.0. The van der Waals surface area contributed by atoms with Crippen molar-refractivity contribution in [3.63, 3.8) is 0 Å². The molecule has 17 heteroatoms. The van der Waals surface area contributed by atoms with Crippen LogP contribution >= 0.6 is 0 Å². The number of fused-ring (bicyclic) bond motifs is 1. The maximum Gasteiger partial charge on any atom is 0.415 e. The summed E-state index contributed by atoms with van der Waals surface area (Å²) in [6.07, 6.45) is 1.69. The molecule has 56 heavy (non-hydrogen) atoms. The standard InChI is InChI=1S/C39H63N5O10Si2/c1-24(2)55(25(3)4)51-21-32(45)35(53-56(54-55,26(5)6)27(7)8)34(52-33(46)19-28-15-13-12-14-16-28)29(20-40)30-17-18-31-36(41-22-42-44(30)31)43-38(48)50-23-49-37(47)39(9,10)11/h17-18,22,24-29,32,34-35,45H,12-16,19,21,23H2,1-11H3,(H,41,42,43,48)/t29?,32-,34+,35-/m1/s1. The summed E-state index contributed by atoms with van der Waals surface area (Å²) in [6, 6.07) is 5.59. The molecule has 2 aliphatic rings. The molecule has 1 unspecified atom stereocenters. The molecule has 3 heterocycles. The number of nitriles is 1. The number of hydrogen-bond acceptors (Lipinski definition) is 13. The van der Waals surface area contributed by atoms with Crippen molar-refractivity contribution in [2.75, 3.05) is 18.7 Å². The zero-order chi connectivity index (χ0) is 41.6. The van der Waals surface area contributed by atoms with Crippen LogP contribution in [0.15, 0.2) is 18.5 Å². The molecule has 1 aliphatic carbocycles. The van der Waals surface area contributed by atoms with Crippen molar-refractivity contribution >= 4 is 46.5 Å². The Hall–Kier alpha value is -3.41. The minimum atomic E-state index is -3.34. The smallest absolute Gasteiger partial charge is 0.415 e. The van der Waals surface area contributed by atoms with Crippen molar-refractivity contribution in [2.24, 2.45) is 11.3 Å². The van der Waals surface area contributed by atoms with Gasteiger partial charge in [0.15, 0.2) is 11.9 Å².